The highest BCUT2D eigenvalue weighted by molar-refractivity contribution is 5.90. The molecule has 0 saturated heterocycles. The SMILES string of the molecule is NC(CCC(=O)Nc1ccncc1F)c1ccccc1. The van der Waals surface area contributed by atoms with Crippen molar-refractivity contribution in [3.8, 4) is 0 Å². The van der Waals surface area contributed by atoms with Gasteiger partial charge in [-0.2, -0.15) is 0 Å². The van der Waals surface area contributed by atoms with Gasteiger partial charge in [0.05, 0.1) is 11.9 Å². The van der Waals surface area contributed by atoms with E-state index in [2.05, 4.69) is 10.3 Å². The van der Waals surface area contributed by atoms with Crippen molar-refractivity contribution in [1.82, 2.24) is 4.98 Å². The minimum atomic E-state index is -0.548. The Morgan fingerprint density at radius 2 is 2.05 bits per heavy atom. The summed E-state index contributed by atoms with van der Waals surface area (Å²) < 4.78 is 13.3. The van der Waals surface area contributed by atoms with Crippen LogP contribution in [0.4, 0.5) is 10.1 Å². The third kappa shape index (κ3) is 3.86. The number of amides is 1. The number of anilines is 1. The van der Waals surface area contributed by atoms with E-state index in [1.165, 1.54) is 12.3 Å². The molecule has 20 heavy (non-hydrogen) atoms. The number of nitrogens with zero attached hydrogens (tertiary/aromatic N) is 1. The minimum Gasteiger partial charge on any atom is -0.324 e. The molecule has 0 aliphatic heterocycles. The zero-order valence-corrected chi connectivity index (χ0v) is 10.9. The van der Waals surface area contributed by atoms with Crippen LogP contribution in [-0.2, 0) is 4.79 Å². The predicted octanol–water partition coefficient (Wildman–Crippen LogP) is 2.64. The van der Waals surface area contributed by atoms with Gasteiger partial charge in [-0.25, -0.2) is 4.39 Å². The van der Waals surface area contributed by atoms with Gasteiger partial charge in [-0.05, 0) is 18.1 Å². The van der Waals surface area contributed by atoms with Crippen LogP contribution in [0.15, 0.2) is 48.8 Å². The molecule has 0 fully saturated rings. The summed E-state index contributed by atoms with van der Waals surface area (Å²) in [5, 5.41) is 2.51. The second-order valence-corrected chi connectivity index (χ2v) is 4.46. The van der Waals surface area contributed by atoms with Gasteiger partial charge in [-0.15, -0.1) is 0 Å². The molecule has 0 aliphatic carbocycles. The van der Waals surface area contributed by atoms with Crippen LogP contribution in [0.2, 0.25) is 0 Å². The van der Waals surface area contributed by atoms with Gasteiger partial charge in [0.1, 0.15) is 0 Å². The van der Waals surface area contributed by atoms with Gasteiger partial charge in [0.15, 0.2) is 5.82 Å². The molecular formula is C15H16FN3O. The number of halogens is 1. The first-order valence-electron chi connectivity index (χ1n) is 6.36. The van der Waals surface area contributed by atoms with Crippen molar-refractivity contribution in [3.05, 3.63) is 60.2 Å². The minimum absolute atomic E-state index is 0.137. The van der Waals surface area contributed by atoms with Gasteiger partial charge in [0.2, 0.25) is 5.91 Å². The van der Waals surface area contributed by atoms with E-state index in [4.69, 9.17) is 5.73 Å². The van der Waals surface area contributed by atoms with Crippen molar-refractivity contribution in [2.45, 2.75) is 18.9 Å². The lowest BCUT2D eigenvalue weighted by Gasteiger charge is -2.12. The summed E-state index contributed by atoms with van der Waals surface area (Å²) in [6.45, 7) is 0. The average Bonchev–Trinajstić information content (AvgIpc) is 2.48. The molecule has 0 saturated carbocycles. The van der Waals surface area contributed by atoms with Crippen molar-refractivity contribution in [2.75, 3.05) is 5.32 Å². The summed E-state index contributed by atoms with van der Waals surface area (Å²) in [5.41, 5.74) is 7.12. The third-order valence-corrected chi connectivity index (χ3v) is 2.96. The molecule has 5 heteroatoms. The Kier molecular flexibility index (Phi) is 4.79. The highest BCUT2D eigenvalue weighted by Crippen LogP contribution is 2.16. The van der Waals surface area contributed by atoms with Crippen molar-refractivity contribution < 1.29 is 9.18 Å². The molecule has 1 aromatic heterocycles. The maximum absolute atomic E-state index is 13.3. The van der Waals surface area contributed by atoms with Crippen molar-refractivity contribution in [1.29, 1.82) is 0 Å². The molecule has 0 aliphatic rings. The first-order valence-corrected chi connectivity index (χ1v) is 6.36. The summed E-state index contributed by atoms with van der Waals surface area (Å²) in [5.74, 6) is -0.810. The molecule has 1 amide bonds. The predicted molar refractivity (Wildman–Crippen MR) is 75.4 cm³/mol. The number of rotatable bonds is 5. The number of benzene rings is 1. The van der Waals surface area contributed by atoms with E-state index in [1.807, 2.05) is 30.3 Å². The fraction of sp³-hybridized carbons (Fsp3) is 0.200. The van der Waals surface area contributed by atoms with Crippen molar-refractivity contribution in [3.63, 3.8) is 0 Å². The first-order chi connectivity index (χ1) is 9.66. The lowest BCUT2D eigenvalue weighted by molar-refractivity contribution is -0.116. The maximum Gasteiger partial charge on any atom is 0.224 e. The Morgan fingerprint density at radius 3 is 2.75 bits per heavy atom. The van der Waals surface area contributed by atoms with Gasteiger partial charge in [-0.1, -0.05) is 30.3 Å². The van der Waals surface area contributed by atoms with Gasteiger partial charge in [0, 0.05) is 18.7 Å². The topological polar surface area (TPSA) is 68.0 Å². The van der Waals surface area contributed by atoms with E-state index in [1.54, 1.807) is 0 Å². The number of pyridine rings is 1. The first kappa shape index (κ1) is 14.1. The van der Waals surface area contributed by atoms with Crippen LogP contribution in [-0.4, -0.2) is 10.9 Å². The van der Waals surface area contributed by atoms with Crippen molar-refractivity contribution >= 4 is 11.6 Å². The lowest BCUT2D eigenvalue weighted by atomic mass is 10.0. The summed E-state index contributed by atoms with van der Waals surface area (Å²) >= 11 is 0. The molecule has 0 bridgehead atoms. The number of carbonyl (C=O) groups excluding carboxylic acids is 1. The largest absolute Gasteiger partial charge is 0.324 e. The second-order valence-electron chi connectivity index (χ2n) is 4.46. The molecule has 2 aromatic rings. The molecule has 3 N–H and O–H groups in total. The van der Waals surface area contributed by atoms with E-state index < -0.39 is 5.82 Å². The summed E-state index contributed by atoms with van der Waals surface area (Å²) in [4.78, 5) is 15.4. The molecule has 0 spiro atoms. The number of hydrogen-bond donors (Lipinski definition) is 2. The van der Waals surface area contributed by atoms with Crippen LogP contribution in [0, 0.1) is 5.82 Å². The molecule has 4 nitrogen and oxygen atoms in total. The fourth-order valence-electron chi connectivity index (χ4n) is 1.84. The standard InChI is InChI=1S/C15H16FN3O/c16-12-10-18-9-8-14(12)19-15(20)7-6-13(17)11-4-2-1-3-5-11/h1-5,8-10,13H,6-7,17H2,(H,18,19,20). The van der Waals surface area contributed by atoms with E-state index in [0.29, 0.717) is 6.42 Å². The number of nitrogens with two attached hydrogens (primary N) is 1. The monoisotopic (exact) mass is 273 g/mol. The summed E-state index contributed by atoms with van der Waals surface area (Å²) in [7, 11) is 0. The van der Waals surface area contributed by atoms with Crippen LogP contribution in [0.5, 0.6) is 0 Å². The molecule has 1 atom stereocenters. The molecule has 104 valence electrons. The van der Waals surface area contributed by atoms with Crippen LogP contribution in [0.25, 0.3) is 0 Å². The van der Waals surface area contributed by atoms with Crippen LogP contribution in [0.1, 0.15) is 24.4 Å². The Hall–Kier alpha value is -2.27. The average molecular weight is 273 g/mol. The highest BCUT2D eigenvalue weighted by Gasteiger charge is 2.10. The van der Waals surface area contributed by atoms with Crippen LogP contribution < -0.4 is 11.1 Å². The van der Waals surface area contributed by atoms with Gasteiger partial charge < -0.3 is 11.1 Å². The second kappa shape index (κ2) is 6.77. The summed E-state index contributed by atoms with van der Waals surface area (Å²) in [6, 6.07) is 10.8. The number of aromatic nitrogens is 1. The van der Waals surface area contributed by atoms with Crippen molar-refractivity contribution in [2.24, 2.45) is 5.73 Å². The Balaban J connectivity index is 1.85. The molecular weight excluding hydrogens is 257 g/mol. The quantitative estimate of drug-likeness (QED) is 0.880. The van der Waals surface area contributed by atoms with Crippen LogP contribution >= 0.6 is 0 Å². The fourth-order valence-corrected chi connectivity index (χ4v) is 1.84. The highest BCUT2D eigenvalue weighted by atomic mass is 19.1. The number of carbonyl (C=O) groups is 1. The molecule has 0 radical (unpaired) electrons. The van der Waals surface area contributed by atoms with Crippen LogP contribution in [0.3, 0.4) is 0 Å². The Morgan fingerprint density at radius 1 is 1.30 bits per heavy atom. The van der Waals surface area contributed by atoms with E-state index in [0.717, 1.165) is 11.8 Å². The van der Waals surface area contributed by atoms with E-state index in [9.17, 15) is 9.18 Å². The lowest BCUT2D eigenvalue weighted by Crippen LogP contribution is -2.17. The molecule has 1 unspecified atom stereocenters. The zero-order valence-electron chi connectivity index (χ0n) is 10.9. The Bertz CT molecular complexity index is 574. The number of hydrogen-bond acceptors (Lipinski definition) is 3. The Labute approximate surface area is 116 Å². The van der Waals surface area contributed by atoms with Gasteiger partial charge in [0.25, 0.3) is 0 Å². The summed E-state index contributed by atoms with van der Waals surface area (Å²) in [6.07, 6.45) is 3.22. The molecule has 2 rings (SSSR count). The maximum atomic E-state index is 13.3. The number of nitrogens with one attached hydrogen (secondary N) is 1. The third-order valence-electron chi connectivity index (χ3n) is 2.96. The van der Waals surface area contributed by atoms with Gasteiger partial charge >= 0.3 is 0 Å². The molecule has 1 aromatic carbocycles. The molecule has 1 heterocycles. The van der Waals surface area contributed by atoms with E-state index >= 15 is 0 Å². The van der Waals surface area contributed by atoms with E-state index in [-0.39, 0.29) is 24.1 Å². The van der Waals surface area contributed by atoms with Gasteiger partial charge in [-0.3, -0.25) is 9.78 Å². The smallest absolute Gasteiger partial charge is 0.224 e. The zero-order chi connectivity index (χ0) is 14.4. The normalized spacial score (nSPS) is 11.9.